The second-order valence-electron chi connectivity index (χ2n) is 6.27. The van der Waals surface area contributed by atoms with Gasteiger partial charge >= 0.3 is 6.09 Å². The molecule has 0 aliphatic rings. The molecule has 0 spiro atoms. The van der Waals surface area contributed by atoms with Gasteiger partial charge in [-0.25, -0.2) is 4.79 Å². The summed E-state index contributed by atoms with van der Waals surface area (Å²) in [4.78, 5) is 11.5. The summed E-state index contributed by atoms with van der Waals surface area (Å²) in [5, 5.41) is 10.4. The molecule has 0 saturated carbocycles. The maximum absolute atomic E-state index is 11.5. The summed E-state index contributed by atoms with van der Waals surface area (Å²) >= 11 is 0. The number of hydrogen-bond donors (Lipinski definition) is 2. The van der Waals surface area contributed by atoms with Crippen molar-refractivity contribution in [3.63, 3.8) is 0 Å². The predicted octanol–water partition coefficient (Wildman–Crippen LogP) is 2.29. The molecule has 0 fully saturated rings. The van der Waals surface area contributed by atoms with E-state index in [0.29, 0.717) is 6.54 Å². The first-order chi connectivity index (χ1) is 9.70. The third-order valence-corrected chi connectivity index (χ3v) is 3.21. The second kappa shape index (κ2) is 7.45. The molecule has 1 rings (SSSR count). The number of hydrogen-bond acceptors (Lipinski definition) is 4. The van der Waals surface area contributed by atoms with Crippen molar-refractivity contribution in [3.8, 4) is 0 Å². The molecule has 120 valence electrons. The van der Waals surface area contributed by atoms with Gasteiger partial charge in [-0.2, -0.15) is 5.10 Å². The van der Waals surface area contributed by atoms with Crippen LogP contribution in [0.3, 0.4) is 0 Å². The standard InChI is InChI=1S/C15H28N4O2/c1-11(13-10-18-19(6)12(13)2)16-8-7-9-17-14(20)21-15(3,4)5/h10-11,16H,7-9H2,1-6H3,(H,17,20). The van der Waals surface area contributed by atoms with Crippen molar-refractivity contribution >= 4 is 6.09 Å². The van der Waals surface area contributed by atoms with E-state index in [1.54, 1.807) is 0 Å². The van der Waals surface area contributed by atoms with Crippen molar-refractivity contribution in [2.75, 3.05) is 13.1 Å². The van der Waals surface area contributed by atoms with Gasteiger partial charge in [0.25, 0.3) is 0 Å². The molecule has 21 heavy (non-hydrogen) atoms. The summed E-state index contributed by atoms with van der Waals surface area (Å²) in [6.07, 6.45) is 2.38. The molecule has 0 radical (unpaired) electrons. The van der Waals surface area contributed by atoms with Crippen molar-refractivity contribution in [2.45, 2.75) is 52.7 Å². The number of alkyl carbamates (subject to hydrolysis) is 1. The Morgan fingerprint density at radius 1 is 1.43 bits per heavy atom. The number of carbonyl (C=O) groups excluding carboxylic acids is 1. The van der Waals surface area contributed by atoms with E-state index in [9.17, 15) is 4.79 Å². The summed E-state index contributed by atoms with van der Waals surface area (Å²) in [5.74, 6) is 0. The van der Waals surface area contributed by atoms with Crippen LogP contribution >= 0.6 is 0 Å². The van der Waals surface area contributed by atoms with Gasteiger partial charge in [0.05, 0.1) is 6.20 Å². The number of aryl methyl sites for hydroxylation is 1. The molecule has 2 N–H and O–H groups in total. The Hall–Kier alpha value is -1.56. The molecule has 0 saturated heterocycles. The molecule has 6 nitrogen and oxygen atoms in total. The maximum Gasteiger partial charge on any atom is 0.407 e. The fourth-order valence-corrected chi connectivity index (χ4v) is 1.96. The number of nitrogens with one attached hydrogen (secondary N) is 2. The van der Waals surface area contributed by atoms with Crippen LogP contribution in [0.1, 0.15) is 51.4 Å². The Morgan fingerprint density at radius 3 is 2.62 bits per heavy atom. The van der Waals surface area contributed by atoms with E-state index in [4.69, 9.17) is 4.74 Å². The van der Waals surface area contributed by atoms with Crippen LogP contribution in [0, 0.1) is 6.92 Å². The highest BCUT2D eigenvalue weighted by Gasteiger charge is 2.15. The van der Waals surface area contributed by atoms with E-state index in [-0.39, 0.29) is 12.1 Å². The Morgan fingerprint density at radius 2 is 2.10 bits per heavy atom. The van der Waals surface area contributed by atoms with E-state index in [1.165, 1.54) is 11.3 Å². The van der Waals surface area contributed by atoms with Crippen LogP contribution in [0.5, 0.6) is 0 Å². The molecule has 0 bridgehead atoms. The van der Waals surface area contributed by atoms with Gasteiger partial charge in [0, 0.05) is 30.9 Å². The average Bonchev–Trinajstić information content (AvgIpc) is 2.67. The lowest BCUT2D eigenvalue weighted by atomic mass is 10.1. The minimum atomic E-state index is -0.450. The Balaban J connectivity index is 2.20. The topological polar surface area (TPSA) is 68.2 Å². The normalized spacial score (nSPS) is 13.0. The van der Waals surface area contributed by atoms with Gasteiger partial charge in [-0.1, -0.05) is 0 Å². The fourth-order valence-electron chi connectivity index (χ4n) is 1.96. The largest absolute Gasteiger partial charge is 0.444 e. The van der Waals surface area contributed by atoms with E-state index < -0.39 is 5.60 Å². The van der Waals surface area contributed by atoms with Gasteiger partial charge in [0.1, 0.15) is 5.60 Å². The van der Waals surface area contributed by atoms with Crippen molar-refractivity contribution in [1.29, 1.82) is 0 Å². The maximum atomic E-state index is 11.5. The van der Waals surface area contributed by atoms with Crippen LogP contribution in [0.15, 0.2) is 6.20 Å². The number of amides is 1. The SMILES string of the molecule is Cc1c(C(C)NCCCNC(=O)OC(C)(C)C)cnn1C. The average molecular weight is 296 g/mol. The van der Waals surface area contributed by atoms with Crippen LogP contribution < -0.4 is 10.6 Å². The van der Waals surface area contributed by atoms with Crippen molar-refractivity contribution in [1.82, 2.24) is 20.4 Å². The third kappa shape index (κ3) is 6.16. The molecule has 0 aliphatic carbocycles. The minimum Gasteiger partial charge on any atom is -0.444 e. The van der Waals surface area contributed by atoms with Crippen molar-refractivity contribution < 1.29 is 9.53 Å². The monoisotopic (exact) mass is 296 g/mol. The first-order valence-electron chi connectivity index (χ1n) is 7.39. The van der Waals surface area contributed by atoms with Gasteiger partial charge < -0.3 is 15.4 Å². The zero-order valence-corrected chi connectivity index (χ0v) is 14.0. The molecule has 0 aliphatic heterocycles. The first-order valence-corrected chi connectivity index (χ1v) is 7.39. The Bertz CT molecular complexity index is 463. The molecular weight excluding hydrogens is 268 g/mol. The van der Waals surface area contributed by atoms with Crippen LogP contribution in [0.4, 0.5) is 4.79 Å². The molecule has 1 aromatic rings. The Kier molecular flexibility index (Phi) is 6.20. The molecule has 0 aromatic carbocycles. The van der Waals surface area contributed by atoms with Gasteiger partial charge in [-0.3, -0.25) is 4.68 Å². The summed E-state index contributed by atoms with van der Waals surface area (Å²) in [7, 11) is 1.94. The smallest absolute Gasteiger partial charge is 0.407 e. The molecule has 6 heteroatoms. The van der Waals surface area contributed by atoms with Crippen LogP contribution in [-0.2, 0) is 11.8 Å². The van der Waals surface area contributed by atoms with Crippen molar-refractivity contribution in [3.05, 3.63) is 17.5 Å². The highest BCUT2D eigenvalue weighted by molar-refractivity contribution is 5.67. The van der Waals surface area contributed by atoms with E-state index in [2.05, 4.69) is 29.6 Å². The Labute approximate surface area is 127 Å². The highest BCUT2D eigenvalue weighted by Crippen LogP contribution is 2.15. The predicted molar refractivity (Wildman–Crippen MR) is 83.2 cm³/mol. The first kappa shape index (κ1) is 17.5. The molecule has 1 unspecified atom stereocenters. The second-order valence-corrected chi connectivity index (χ2v) is 6.27. The quantitative estimate of drug-likeness (QED) is 0.790. The van der Waals surface area contributed by atoms with E-state index >= 15 is 0 Å². The van der Waals surface area contributed by atoms with Gasteiger partial charge in [-0.15, -0.1) is 0 Å². The van der Waals surface area contributed by atoms with Gasteiger partial charge in [0.2, 0.25) is 0 Å². The number of ether oxygens (including phenoxy) is 1. The number of rotatable bonds is 6. The third-order valence-electron chi connectivity index (χ3n) is 3.21. The zero-order valence-electron chi connectivity index (χ0n) is 14.0. The fraction of sp³-hybridized carbons (Fsp3) is 0.733. The lowest BCUT2D eigenvalue weighted by Crippen LogP contribution is -2.34. The zero-order chi connectivity index (χ0) is 16.0. The van der Waals surface area contributed by atoms with E-state index in [1.807, 2.05) is 38.7 Å². The summed E-state index contributed by atoms with van der Waals surface area (Å²) in [5.41, 5.74) is 1.92. The highest BCUT2D eigenvalue weighted by atomic mass is 16.6. The summed E-state index contributed by atoms with van der Waals surface area (Å²) in [6, 6.07) is 0.250. The molecule has 1 atom stereocenters. The van der Waals surface area contributed by atoms with Crippen LogP contribution in [0.25, 0.3) is 0 Å². The number of carbonyl (C=O) groups is 1. The van der Waals surface area contributed by atoms with Crippen molar-refractivity contribution in [2.24, 2.45) is 7.05 Å². The lowest BCUT2D eigenvalue weighted by molar-refractivity contribution is 0.0527. The molecule has 1 heterocycles. The summed E-state index contributed by atoms with van der Waals surface area (Å²) in [6.45, 7) is 11.2. The number of aromatic nitrogens is 2. The van der Waals surface area contributed by atoms with Gasteiger partial charge in [0.15, 0.2) is 0 Å². The van der Waals surface area contributed by atoms with Crippen LogP contribution in [-0.4, -0.2) is 34.6 Å². The van der Waals surface area contributed by atoms with Crippen LogP contribution in [0.2, 0.25) is 0 Å². The summed E-state index contributed by atoms with van der Waals surface area (Å²) < 4.78 is 7.04. The minimum absolute atomic E-state index is 0.250. The molecule has 1 aromatic heterocycles. The van der Waals surface area contributed by atoms with E-state index in [0.717, 1.165) is 13.0 Å². The van der Waals surface area contributed by atoms with Gasteiger partial charge in [-0.05, 0) is 47.6 Å². The lowest BCUT2D eigenvalue weighted by Gasteiger charge is -2.19. The molecule has 1 amide bonds. The molecular formula is C15H28N4O2. The number of nitrogens with zero attached hydrogens (tertiary/aromatic N) is 2.